The smallest absolute Gasteiger partial charge is 0.210 e. The molecule has 0 aliphatic heterocycles. The highest BCUT2D eigenvalue weighted by molar-refractivity contribution is 8.00. The summed E-state index contributed by atoms with van der Waals surface area (Å²) >= 11 is 2.94. The molecule has 0 atom stereocenters. The number of nitrogens with one attached hydrogen (secondary N) is 1. The van der Waals surface area contributed by atoms with Crippen LogP contribution in [0.1, 0.15) is 5.56 Å². The standard InChI is InChI=1S/C15H12FN3S2/c16-13-9-5-4-6-11(13)10-20-15-19-18-14(21-15)17-12-7-2-1-3-8-12/h1-9H,10H2,(H,17,18). The minimum atomic E-state index is -0.183. The van der Waals surface area contributed by atoms with Crippen molar-refractivity contribution in [1.82, 2.24) is 10.2 Å². The summed E-state index contributed by atoms with van der Waals surface area (Å²) in [6.45, 7) is 0. The fraction of sp³-hybridized carbons (Fsp3) is 0.0667. The largest absolute Gasteiger partial charge is 0.330 e. The third-order valence-corrected chi connectivity index (χ3v) is 4.76. The molecule has 0 amide bonds. The molecule has 0 saturated heterocycles. The van der Waals surface area contributed by atoms with E-state index in [0.717, 1.165) is 15.2 Å². The fourth-order valence-corrected chi connectivity index (χ4v) is 3.48. The molecule has 0 aliphatic carbocycles. The number of rotatable bonds is 5. The van der Waals surface area contributed by atoms with Crippen LogP contribution in [-0.4, -0.2) is 10.2 Å². The van der Waals surface area contributed by atoms with Gasteiger partial charge in [0.2, 0.25) is 5.13 Å². The van der Waals surface area contributed by atoms with E-state index >= 15 is 0 Å². The first-order valence-corrected chi connectivity index (χ1v) is 8.13. The van der Waals surface area contributed by atoms with Crippen molar-refractivity contribution in [3.8, 4) is 0 Å². The Balaban J connectivity index is 1.62. The average molecular weight is 317 g/mol. The predicted molar refractivity (Wildman–Crippen MR) is 85.6 cm³/mol. The molecule has 1 aromatic heterocycles. The first kappa shape index (κ1) is 14.0. The first-order chi connectivity index (χ1) is 10.3. The number of anilines is 2. The van der Waals surface area contributed by atoms with Gasteiger partial charge in [0.15, 0.2) is 4.34 Å². The second kappa shape index (κ2) is 6.69. The minimum Gasteiger partial charge on any atom is -0.330 e. The number of benzene rings is 2. The summed E-state index contributed by atoms with van der Waals surface area (Å²) in [7, 11) is 0. The van der Waals surface area contributed by atoms with Gasteiger partial charge in [-0.05, 0) is 23.8 Å². The van der Waals surface area contributed by atoms with Gasteiger partial charge < -0.3 is 5.32 Å². The number of aromatic nitrogens is 2. The van der Waals surface area contributed by atoms with Crippen LogP contribution in [0.2, 0.25) is 0 Å². The van der Waals surface area contributed by atoms with Crippen molar-refractivity contribution >= 4 is 33.9 Å². The van der Waals surface area contributed by atoms with Crippen molar-refractivity contribution in [2.24, 2.45) is 0 Å². The van der Waals surface area contributed by atoms with Crippen molar-refractivity contribution in [2.75, 3.05) is 5.32 Å². The molecule has 1 N–H and O–H groups in total. The average Bonchev–Trinajstić information content (AvgIpc) is 2.95. The molecule has 0 fully saturated rings. The molecule has 0 saturated carbocycles. The van der Waals surface area contributed by atoms with Crippen molar-refractivity contribution in [3.63, 3.8) is 0 Å². The lowest BCUT2D eigenvalue weighted by atomic mass is 10.2. The van der Waals surface area contributed by atoms with Crippen LogP contribution in [0.15, 0.2) is 58.9 Å². The van der Waals surface area contributed by atoms with Gasteiger partial charge in [0.05, 0.1) is 0 Å². The zero-order valence-corrected chi connectivity index (χ0v) is 12.6. The maximum Gasteiger partial charge on any atom is 0.210 e. The number of hydrogen-bond acceptors (Lipinski definition) is 5. The van der Waals surface area contributed by atoms with Crippen LogP contribution in [-0.2, 0) is 5.75 Å². The van der Waals surface area contributed by atoms with Gasteiger partial charge in [-0.3, -0.25) is 0 Å². The predicted octanol–water partition coefficient (Wildman–Crippen LogP) is 4.71. The quantitative estimate of drug-likeness (QED) is 0.691. The lowest BCUT2D eigenvalue weighted by molar-refractivity contribution is 0.617. The molecule has 2 aromatic carbocycles. The summed E-state index contributed by atoms with van der Waals surface area (Å²) in [6.07, 6.45) is 0. The molecule has 3 aromatic rings. The molecule has 1 heterocycles. The number of halogens is 1. The van der Waals surface area contributed by atoms with E-state index in [2.05, 4.69) is 15.5 Å². The summed E-state index contributed by atoms with van der Waals surface area (Å²) in [5.74, 6) is 0.365. The number of para-hydroxylation sites is 1. The van der Waals surface area contributed by atoms with Gasteiger partial charge in [0.25, 0.3) is 0 Å². The molecule has 0 unspecified atom stereocenters. The van der Waals surface area contributed by atoms with Gasteiger partial charge in [0.1, 0.15) is 5.82 Å². The molecule has 3 rings (SSSR count). The highest BCUT2D eigenvalue weighted by atomic mass is 32.2. The van der Waals surface area contributed by atoms with E-state index in [0.29, 0.717) is 11.3 Å². The maximum atomic E-state index is 13.5. The molecule has 0 aliphatic rings. The molecular weight excluding hydrogens is 305 g/mol. The lowest BCUT2D eigenvalue weighted by Crippen LogP contribution is -1.87. The molecule has 21 heavy (non-hydrogen) atoms. The first-order valence-electron chi connectivity index (χ1n) is 6.33. The Morgan fingerprint density at radius 2 is 1.76 bits per heavy atom. The third-order valence-electron chi connectivity index (χ3n) is 2.74. The van der Waals surface area contributed by atoms with Gasteiger partial charge >= 0.3 is 0 Å². The molecule has 0 bridgehead atoms. The van der Waals surface area contributed by atoms with Crippen LogP contribution >= 0.6 is 23.1 Å². The van der Waals surface area contributed by atoms with E-state index in [1.807, 2.05) is 36.4 Å². The summed E-state index contributed by atoms with van der Waals surface area (Å²) in [5.41, 5.74) is 1.65. The van der Waals surface area contributed by atoms with E-state index < -0.39 is 0 Å². The van der Waals surface area contributed by atoms with Crippen LogP contribution in [0.3, 0.4) is 0 Å². The topological polar surface area (TPSA) is 37.8 Å². The highest BCUT2D eigenvalue weighted by Gasteiger charge is 2.07. The minimum absolute atomic E-state index is 0.183. The van der Waals surface area contributed by atoms with E-state index in [1.54, 1.807) is 12.1 Å². The molecule has 6 heteroatoms. The van der Waals surface area contributed by atoms with Crippen molar-refractivity contribution in [1.29, 1.82) is 0 Å². The van der Waals surface area contributed by atoms with Crippen LogP contribution < -0.4 is 5.32 Å². The highest BCUT2D eigenvalue weighted by Crippen LogP contribution is 2.30. The summed E-state index contributed by atoms with van der Waals surface area (Å²) < 4.78 is 14.3. The summed E-state index contributed by atoms with van der Waals surface area (Å²) in [4.78, 5) is 0. The molecule has 106 valence electrons. The lowest BCUT2D eigenvalue weighted by Gasteiger charge is -2.00. The van der Waals surface area contributed by atoms with Gasteiger partial charge in [-0.1, -0.05) is 59.5 Å². The van der Waals surface area contributed by atoms with Crippen molar-refractivity contribution in [2.45, 2.75) is 10.1 Å². The Morgan fingerprint density at radius 3 is 2.57 bits per heavy atom. The fourth-order valence-electron chi connectivity index (χ4n) is 1.72. The van der Waals surface area contributed by atoms with Crippen LogP contribution in [0, 0.1) is 5.82 Å². The number of nitrogens with zero attached hydrogens (tertiary/aromatic N) is 2. The monoisotopic (exact) mass is 317 g/mol. The SMILES string of the molecule is Fc1ccccc1CSc1nnc(Nc2ccccc2)s1. The zero-order chi connectivity index (χ0) is 14.5. The Morgan fingerprint density at radius 1 is 1.00 bits per heavy atom. The van der Waals surface area contributed by atoms with Gasteiger partial charge in [-0.25, -0.2) is 4.39 Å². The number of thioether (sulfide) groups is 1. The van der Waals surface area contributed by atoms with Crippen LogP contribution in [0.5, 0.6) is 0 Å². The Kier molecular flexibility index (Phi) is 4.47. The zero-order valence-electron chi connectivity index (χ0n) is 11.0. The number of hydrogen-bond donors (Lipinski definition) is 1. The van der Waals surface area contributed by atoms with Crippen molar-refractivity contribution in [3.05, 3.63) is 66.0 Å². The molecule has 3 nitrogen and oxygen atoms in total. The van der Waals surface area contributed by atoms with Crippen LogP contribution in [0.4, 0.5) is 15.2 Å². The van der Waals surface area contributed by atoms with Gasteiger partial charge in [0, 0.05) is 11.4 Å². The van der Waals surface area contributed by atoms with E-state index in [-0.39, 0.29) is 5.82 Å². The summed E-state index contributed by atoms with van der Waals surface area (Å²) in [5, 5.41) is 12.1. The molecule has 0 spiro atoms. The Bertz CT molecular complexity index is 716. The summed E-state index contributed by atoms with van der Waals surface area (Å²) in [6, 6.07) is 16.6. The van der Waals surface area contributed by atoms with E-state index in [9.17, 15) is 4.39 Å². The van der Waals surface area contributed by atoms with Crippen molar-refractivity contribution < 1.29 is 4.39 Å². The second-order valence-corrected chi connectivity index (χ2v) is 6.44. The van der Waals surface area contributed by atoms with E-state index in [1.165, 1.54) is 29.2 Å². The maximum absolute atomic E-state index is 13.5. The second-order valence-electron chi connectivity index (χ2n) is 4.24. The Hall–Kier alpha value is -1.92. The third kappa shape index (κ3) is 3.80. The van der Waals surface area contributed by atoms with Gasteiger partial charge in [-0.15, -0.1) is 10.2 Å². The normalized spacial score (nSPS) is 10.5. The molecular formula is C15H12FN3S2. The van der Waals surface area contributed by atoms with E-state index in [4.69, 9.17) is 0 Å². The van der Waals surface area contributed by atoms with Crippen LogP contribution in [0.25, 0.3) is 0 Å². The Labute approximate surface area is 130 Å². The molecule has 0 radical (unpaired) electrons. The van der Waals surface area contributed by atoms with Gasteiger partial charge in [-0.2, -0.15) is 0 Å².